The minimum Gasteiger partial charge on any atom is -0.354 e. The van der Waals surface area contributed by atoms with Gasteiger partial charge in [-0.1, -0.05) is 0 Å². The lowest BCUT2D eigenvalue weighted by Crippen LogP contribution is -2.44. The molecular weight excluding hydrogens is 208 g/mol. The van der Waals surface area contributed by atoms with Crippen molar-refractivity contribution in [2.75, 3.05) is 25.3 Å². The predicted octanol–water partition coefficient (Wildman–Crippen LogP) is 1.03. The molecule has 2 rings (SSSR count). The van der Waals surface area contributed by atoms with Crippen LogP contribution >= 0.6 is 0 Å². The van der Waals surface area contributed by atoms with Gasteiger partial charge in [-0.3, -0.25) is 9.78 Å². The second kappa shape index (κ2) is 4.59. The molecule has 0 aliphatic carbocycles. The van der Waals surface area contributed by atoms with Crippen molar-refractivity contribution in [3.63, 3.8) is 0 Å². The summed E-state index contributed by atoms with van der Waals surface area (Å²) in [4.78, 5) is 15.9. The molecule has 1 saturated heterocycles. The first kappa shape index (κ1) is 11.0. The molecule has 1 aromatic heterocycles. The molecule has 2 heterocycles. The van der Waals surface area contributed by atoms with Gasteiger partial charge in [0.2, 0.25) is 5.91 Å². The first-order chi connectivity index (χ1) is 7.71. The Morgan fingerprint density at radius 3 is 2.62 bits per heavy atom. The lowest BCUT2D eigenvalue weighted by atomic mass is 9.91. The van der Waals surface area contributed by atoms with Crippen LogP contribution in [0, 0.1) is 5.41 Å². The Balaban J connectivity index is 2.02. The zero-order valence-electron chi connectivity index (χ0n) is 9.10. The summed E-state index contributed by atoms with van der Waals surface area (Å²) >= 11 is 0. The molecule has 5 heteroatoms. The molecule has 1 aromatic rings. The van der Waals surface area contributed by atoms with Crippen molar-refractivity contribution in [3.05, 3.63) is 24.5 Å². The lowest BCUT2D eigenvalue weighted by Gasteiger charge is -2.31. The smallest absolute Gasteiger partial charge is 0.234 e. The van der Waals surface area contributed by atoms with Crippen LogP contribution in [0.1, 0.15) is 6.92 Å². The maximum Gasteiger partial charge on any atom is 0.234 e. The monoisotopic (exact) mass is 222 g/mol. The van der Waals surface area contributed by atoms with Crippen molar-refractivity contribution >= 4 is 11.6 Å². The number of ether oxygens (including phenoxy) is 2. The van der Waals surface area contributed by atoms with E-state index in [9.17, 15) is 4.79 Å². The van der Waals surface area contributed by atoms with Crippen molar-refractivity contribution in [3.8, 4) is 0 Å². The first-order valence-electron chi connectivity index (χ1n) is 5.08. The Morgan fingerprint density at radius 1 is 1.38 bits per heavy atom. The van der Waals surface area contributed by atoms with Crippen molar-refractivity contribution in [1.29, 1.82) is 0 Å². The Morgan fingerprint density at radius 2 is 2.00 bits per heavy atom. The quantitative estimate of drug-likeness (QED) is 0.812. The van der Waals surface area contributed by atoms with E-state index in [1.807, 2.05) is 6.92 Å². The summed E-state index contributed by atoms with van der Waals surface area (Å²) in [5.74, 6) is -0.0987. The van der Waals surface area contributed by atoms with E-state index in [4.69, 9.17) is 9.47 Å². The highest BCUT2D eigenvalue weighted by molar-refractivity contribution is 5.95. The third-order valence-electron chi connectivity index (χ3n) is 2.49. The molecule has 0 unspecified atom stereocenters. The third kappa shape index (κ3) is 2.37. The zero-order valence-corrected chi connectivity index (χ0v) is 9.10. The highest BCUT2D eigenvalue weighted by Gasteiger charge is 2.36. The van der Waals surface area contributed by atoms with Gasteiger partial charge in [-0.15, -0.1) is 0 Å². The van der Waals surface area contributed by atoms with E-state index >= 15 is 0 Å². The molecule has 1 aliphatic heterocycles. The van der Waals surface area contributed by atoms with E-state index < -0.39 is 5.41 Å². The van der Waals surface area contributed by atoms with Gasteiger partial charge in [0.25, 0.3) is 0 Å². The van der Waals surface area contributed by atoms with Crippen molar-refractivity contribution in [1.82, 2.24) is 4.98 Å². The largest absolute Gasteiger partial charge is 0.354 e. The van der Waals surface area contributed by atoms with Crippen molar-refractivity contribution < 1.29 is 14.3 Å². The molecule has 5 nitrogen and oxygen atoms in total. The molecule has 86 valence electrons. The lowest BCUT2D eigenvalue weighted by molar-refractivity contribution is -0.170. The van der Waals surface area contributed by atoms with Crippen LogP contribution in [0.25, 0.3) is 0 Å². The summed E-state index contributed by atoms with van der Waals surface area (Å²) in [6.07, 6.45) is 3.26. The molecule has 0 bridgehead atoms. The fourth-order valence-corrected chi connectivity index (χ4v) is 1.48. The van der Waals surface area contributed by atoms with Gasteiger partial charge in [-0.05, 0) is 19.1 Å². The fourth-order valence-electron chi connectivity index (χ4n) is 1.48. The van der Waals surface area contributed by atoms with Crippen molar-refractivity contribution in [2.45, 2.75) is 6.92 Å². The number of carbonyl (C=O) groups excluding carboxylic acids is 1. The SMILES string of the molecule is CC1(C(=O)Nc2ccncc2)COCOC1. The van der Waals surface area contributed by atoms with Gasteiger partial charge in [0.1, 0.15) is 6.79 Å². The Bertz CT molecular complexity index is 361. The fraction of sp³-hybridized carbons (Fsp3) is 0.455. The van der Waals surface area contributed by atoms with E-state index in [1.165, 1.54) is 0 Å². The molecule has 0 atom stereocenters. The molecule has 0 radical (unpaired) electrons. The number of hydrogen-bond donors (Lipinski definition) is 1. The predicted molar refractivity (Wildman–Crippen MR) is 57.7 cm³/mol. The van der Waals surface area contributed by atoms with Crippen LogP contribution in [0.3, 0.4) is 0 Å². The van der Waals surface area contributed by atoms with E-state index in [0.717, 1.165) is 5.69 Å². The average Bonchev–Trinajstić information content (AvgIpc) is 2.31. The van der Waals surface area contributed by atoms with Crippen LogP contribution in [0.2, 0.25) is 0 Å². The Hall–Kier alpha value is -1.46. The Labute approximate surface area is 93.8 Å². The van der Waals surface area contributed by atoms with Gasteiger partial charge in [0.15, 0.2) is 0 Å². The second-order valence-electron chi connectivity index (χ2n) is 4.07. The van der Waals surface area contributed by atoms with E-state index in [0.29, 0.717) is 13.2 Å². The molecule has 1 fully saturated rings. The van der Waals surface area contributed by atoms with Crippen LogP contribution in [0.5, 0.6) is 0 Å². The molecule has 0 spiro atoms. The van der Waals surface area contributed by atoms with Crippen LogP contribution in [0.4, 0.5) is 5.69 Å². The van der Waals surface area contributed by atoms with Gasteiger partial charge in [-0.2, -0.15) is 0 Å². The number of carbonyl (C=O) groups is 1. The normalized spacial score (nSPS) is 19.1. The van der Waals surface area contributed by atoms with Gasteiger partial charge >= 0.3 is 0 Å². The van der Waals surface area contributed by atoms with Crippen LogP contribution in [-0.2, 0) is 14.3 Å². The van der Waals surface area contributed by atoms with E-state index in [2.05, 4.69) is 10.3 Å². The molecule has 1 aliphatic rings. The number of hydrogen-bond acceptors (Lipinski definition) is 4. The summed E-state index contributed by atoms with van der Waals surface area (Å²) in [6.45, 7) is 2.84. The number of pyridine rings is 1. The first-order valence-corrected chi connectivity index (χ1v) is 5.08. The topological polar surface area (TPSA) is 60.5 Å². The van der Waals surface area contributed by atoms with E-state index in [-0.39, 0.29) is 12.7 Å². The second-order valence-corrected chi connectivity index (χ2v) is 4.07. The van der Waals surface area contributed by atoms with Gasteiger partial charge in [0.05, 0.1) is 18.6 Å². The van der Waals surface area contributed by atoms with Crippen LogP contribution in [-0.4, -0.2) is 30.9 Å². The van der Waals surface area contributed by atoms with E-state index in [1.54, 1.807) is 24.5 Å². The summed E-state index contributed by atoms with van der Waals surface area (Å²) < 4.78 is 10.3. The van der Waals surface area contributed by atoms with Crippen molar-refractivity contribution in [2.24, 2.45) is 5.41 Å². The van der Waals surface area contributed by atoms with Crippen LogP contribution in [0.15, 0.2) is 24.5 Å². The maximum absolute atomic E-state index is 12.0. The zero-order chi connectivity index (χ0) is 11.4. The third-order valence-corrected chi connectivity index (χ3v) is 2.49. The molecule has 0 aromatic carbocycles. The molecular formula is C11H14N2O3. The number of anilines is 1. The number of aromatic nitrogens is 1. The summed E-state index contributed by atoms with van der Waals surface area (Å²) in [6, 6.07) is 3.48. The summed E-state index contributed by atoms with van der Waals surface area (Å²) in [5, 5.41) is 2.81. The summed E-state index contributed by atoms with van der Waals surface area (Å²) in [7, 11) is 0. The maximum atomic E-state index is 12.0. The molecule has 16 heavy (non-hydrogen) atoms. The molecule has 0 saturated carbocycles. The summed E-state index contributed by atoms with van der Waals surface area (Å²) in [5.41, 5.74) is 0.105. The number of amides is 1. The molecule has 1 amide bonds. The van der Waals surface area contributed by atoms with Gasteiger partial charge < -0.3 is 14.8 Å². The van der Waals surface area contributed by atoms with Gasteiger partial charge in [-0.25, -0.2) is 0 Å². The average molecular weight is 222 g/mol. The highest BCUT2D eigenvalue weighted by Crippen LogP contribution is 2.23. The van der Waals surface area contributed by atoms with Gasteiger partial charge in [0, 0.05) is 18.1 Å². The highest BCUT2D eigenvalue weighted by atomic mass is 16.7. The Kier molecular flexibility index (Phi) is 3.17. The minimum atomic E-state index is -0.623. The number of rotatable bonds is 2. The minimum absolute atomic E-state index is 0.0987. The number of nitrogens with zero attached hydrogens (tertiary/aromatic N) is 1. The standard InChI is InChI=1S/C11H14N2O3/c1-11(6-15-8-16-7-11)10(14)13-9-2-4-12-5-3-9/h2-5H,6-8H2,1H3,(H,12,13,14). The molecule has 1 N–H and O–H groups in total. The van der Waals surface area contributed by atoms with Crippen LogP contribution < -0.4 is 5.32 Å². The number of nitrogens with one attached hydrogen (secondary N) is 1.